The van der Waals surface area contributed by atoms with Crippen LogP contribution in [0.2, 0.25) is 0 Å². The van der Waals surface area contributed by atoms with Crippen molar-refractivity contribution < 1.29 is 14.6 Å². The Bertz CT molecular complexity index is 667. The molecule has 104 valence electrons. The molecule has 1 aromatic heterocycles. The van der Waals surface area contributed by atoms with Crippen molar-refractivity contribution in [2.45, 2.75) is 13.2 Å². The highest BCUT2D eigenvalue weighted by molar-refractivity contribution is 9.10. The van der Waals surface area contributed by atoms with Crippen molar-refractivity contribution in [3.63, 3.8) is 0 Å². The third-order valence-corrected chi connectivity index (χ3v) is 3.34. The molecule has 6 heteroatoms. The highest BCUT2D eigenvalue weighted by Gasteiger charge is 2.10. The average molecular weight is 338 g/mol. The molecule has 0 amide bonds. The predicted molar refractivity (Wildman–Crippen MR) is 76.8 cm³/mol. The van der Waals surface area contributed by atoms with Crippen molar-refractivity contribution in [1.82, 2.24) is 4.57 Å². The molecule has 20 heavy (non-hydrogen) atoms. The first-order valence-electron chi connectivity index (χ1n) is 5.85. The van der Waals surface area contributed by atoms with Gasteiger partial charge in [-0.15, -0.1) is 0 Å². The highest BCUT2D eigenvalue weighted by atomic mass is 79.9. The van der Waals surface area contributed by atoms with Crippen LogP contribution in [0.25, 0.3) is 0 Å². The zero-order valence-corrected chi connectivity index (χ0v) is 12.0. The lowest BCUT2D eigenvalue weighted by Crippen LogP contribution is -2.24. The Hall–Kier alpha value is -2.08. The lowest BCUT2D eigenvalue weighted by molar-refractivity contribution is -0.137. The van der Waals surface area contributed by atoms with E-state index in [1.807, 2.05) is 30.3 Å². The number of halogens is 1. The van der Waals surface area contributed by atoms with Gasteiger partial charge < -0.3 is 14.4 Å². The minimum atomic E-state index is -1.07. The number of aliphatic carboxylic acids is 1. The summed E-state index contributed by atoms with van der Waals surface area (Å²) >= 11 is 3.14. The van der Waals surface area contributed by atoms with Crippen LogP contribution < -0.4 is 10.3 Å². The van der Waals surface area contributed by atoms with Crippen LogP contribution in [0, 0.1) is 0 Å². The van der Waals surface area contributed by atoms with Gasteiger partial charge in [-0.25, -0.2) is 0 Å². The van der Waals surface area contributed by atoms with Crippen LogP contribution in [0.5, 0.6) is 5.75 Å². The summed E-state index contributed by atoms with van der Waals surface area (Å²) in [4.78, 5) is 22.5. The van der Waals surface area contributed by atoms with E-state index < -0.39 is 11.5 Å². The van der Waals surface area contributed by atoms with Crippen molar-refractivity contribution in [3.8, 4) is 5.75 Å². The number of pyridine rings is 1. The molecule has 0 saturated carbocycles. The summed E-state index contributed by atoms with van der Waals surface area (Å²) in [5, 5.41) is 8.70. The van der Waals surface area contributed by atoms with Crippen LogP contribution in [-0.4, -0.2) is 15.6 Å². The first-order valence-corrected chi connectivity index (χ1v) is 6.64. The Balaban J connectivity index is 2.15. The van der Waals surface area contributed by atoms with Crippen LogP contribution in [-0.2, 0) is 17.9 Å². The summed E-state index contributed by atoms with van der Waals surface area (Å²) in [7, 11) is 0. The monoisotopic (exact) mass is 337 g/mol. The Morgan fingerprint density at radius 1 is 1.25 bits per heavy atom. The van der Waals surface area contributed by atoms with E-state index in [0.717, 1.165) is 10.1 Å². The molecule has 0 unspecified atom stereocenters. The van der Waals surface area contributed by atoms with Gasteiger partial charge in [-0.2, -0.15) is 0 Å². The molecular formula is C14H12BrNO4. The summed E-state index contributed by atoms with van der Waals surface area (Å²) in [6.07, 6.45) is 1.40. The fourth-order valence-corrected chi connectivity index (χ4v) is 2.12. The minimum absolute atomic E-state index is 0.220. The number of hydrogen-bond donors (Lipinski definition) is 1. The maximum Gasteiger partial charge on any atom is 0.323 e. The molecule has 2 rings (SSSR count). The smallest absolute Gasteiger partial charge is 0.323 e. The van der Waals surface area contributed by atoms with Gasteiger partial charge in [0.25, 0.3) is 5.56 Å². The minimum Gasteiger partial charge on any atom is -0.487 e. The van der Waals surface area contributed by atoms with Gasteiger partial charge in [-0.1, -0.05) is 30.3 Å². The number of aromatic nitrogens is 1. The van der Waals surface area contributed by atoms with Crippen molar-refractivity contribution in [2.75, 3.05) is 0 Å². The Morgan fingerprint density at radius 2 is 1.95 bits per heavy atom. The summed E-state index contributed by atoms with van der Waals surface area (Å²) in [6.45, 7) is -0.0434. The molecule has 1 aromatic carbocycles. The zero-order valence-electron chi connectivity index (χ0n) is 10.5. The van der Waals surface area contributed by atoms with Gasteiger partial charge in [0.15, 0.2) is 0 Å². The van der Waals surface area contributed by atoms with Gasteiger partial charge in [0.1, 0.15) is 23.4 Å². The summed E-state index contributed by atoms with van der Waals surface area (Å²) in [5.41, 5.74) is 0.548. The molecule has 1 heterocycles. The zero-order chi connectivity index (χ0) is 14.5. The predicted octanol–water partition coefficient (Wildman–Crippen LogP) is 2.27. The van der Waals surface area contributed by atoms with Crippen molar-refractivity contribution in [3.05, 3.63) is 63.0 Å². The molecule has 2 aromatic rings. The van der Waals surface area contributed by atoms with Crippen LogP contribution in [0.15, 0.2) is 51.9 Å². The molecule has 0 saturated heterocycles. The standard InChI is InChI=1S/C14H12BrNO4/c15-13-11(20-9-10-4-2-1-3-5-10)6-7-16(14(13)19)8-12(17)18/h1-7H,8-9H2,(H,17,18). The third-order valence-electron chi connectivity index (χ3n) is 2.61. The number of rotatable bonds is 5. The van der Waals surface area contributed by atoms with Gasteiger partial charge >= 0.3 is 5.97 Å². The molecule has 0 spiro atoms. The van der Waals surface area contributed by atoms with Gasteiger partial charge in [-0.3, -0.25) is 9.59 Å². The first kappa shape index (κ1) is 14.3. The Labute approximate surface area is 123 Å². The molecule has 0 atom stereocenters. The summed E-state index contributed by atoms with van der Waals surface area (Å²) < 4.78 is 6.87. The average Bonchev–Trinajstić information content (AvgIpc) is 2.44. The molecular weight excluding hydrogens is 326 g/mol. The van der Waals surface area contributed by atoms with Crippen LogP contribution >= 0.6 is 15.9 Å². The fraction of sp³-hybridized carbons (Fsp3) is 0.143. The van der Waals surface area contributed by atoms with Crippen molar-refractivity contribution in [2.24, 2.45) is 0 Å². The number of carboxylic acids is 1. The number of ether oxygens (including phenoxy) is 1. The highest BCUT2D eigenvalue weighted by Crippen LogP contribution is 2.21. The van der Waals surface area contributed by atoms with E-state index in [1.165, 1.54) is 6.20 Å². The molecule has 1 N–H and O–H groups in total. The first-order chi connectivity index (χ1) is 9.58. The SMILES string of the molecule is O=C(O)Cn1ccc(OCc2ccccc2)c(Br)c1=O. The van der Waals surface area contributed by atoms with E-state index >= 15 is 0 Å². The second-order valence-electron chi connectivity index (χ2n) is 4.10. The van der Waals surface area contributed by atoms with Crippen LogP contribution in [0.4, 0.5) is 0 Å². The lowest BCUT2D eigenvalue weighted by Gasteiger charge is -2.10. The van der Waals surface area contributed by atoms with Gasteiger partial charge in [0.2, 0.25) is 0 Å². The summed E-state index contributed by atoms with van der Waals surface area (Å²) in [5.74, 6) is -0.683. The number of carboxylic acid groups (broad SMARTS) is 1. The maximum atomic E-state index is 11.9. The quantitative estimate of drug-likeness (QED) is 0.908. The topological polar surface area (TPSA) is 68.5 Å². The lowest BCUT2D eigenvalue weighted by atomic mass is 10.2. The van der Waals surface area contributed by atoms with Crippen molar-refractivity contribution in [1.29, 1.82) is 0 Å². The number of carbonyl (C=O) groups is 1. The number of hydrogen-bond acceptors (Lipinski definition) is 3. The van der Waals surface area contributed by atoms with Gasteiger partial charge in [-0.05, 0) is 27.6 Å². The molecule has 5 nitrogen and oxygen atoms in total. The van der Waals surface area contributed by atoms with Crippen LogP contribution in [0.1, 0.15) is 5.56 Å². The van der Waals surface area contributed by atoms with E-state index in [9.17, 15) is 9.59 Å². The Morgan fingerprint density at radius 3 is 2.60 bits per heavy atom. The maximum absolute atomic E-state index is 11.9. The third kappa shape index (κ3) is 3.48. The number of benzene rings is 1. The van der Waals surface area contributed by atoms with E-state index in [-0.39, 0.29) is 11.0 Å². The summed E-state index contributed by atoms with van der Waals surface area (Å²) in [6, 6.07) is 11.1. The molecule has 0 aliphatic carbocycles. The molecule has 0 fully saturated rings. The van der Waals surface area contributed by atoms with E-state index in [0.29, 0.717) is 12.4 Å². The molecule has 0 radical (unpaired) electrons. The normalized spacial score (nSPS) is 10.2. The molecule has 0 aliphatic rings. The fourth-order valence-electron chi connectivity index (χ4n) is 1.65. The van der Waals surface area contributed by atoms with E-state index in [4.69, 9.17) is 9.84 Å². The van der Waals surface area contributed by atoms with Crippen molar-refractivity contribution >= 4 is 21.9 Å². The van der Waals surface area contributed by atoms with E-state index in [1.54, 1.807) is 6.07 Å². The van der Waals surface area contributed by atoms with Gasteiger partial charge in [0, 0.05) is 6.20 Å². The Kier molecular flexibility index (Phi) is 4.57. The van der Waals surface area contributed by atoms with Gasteiger partial charge in [0.05, 0.1) is 0 Å². The van der Waals surface area contributed by atoms with E-state index in [2.05, 4.69) is 15.9 Å². The second kappa shape index (κ2) is 6.38. The molecule has 0 bridgehead atoms. The largest absolute Gasteiger partial charge is 0.487 e. The molecule has 0 aliphatic heterocycles. The number of nitrogens with zero attached hydrogens (tertiary/aromatic N) is 1. The van der Waals surface area contributed by atoms with Crippen LogP contribution in [0.3, 0.4) is 0 Å². The second-order valence-corrected chi connectivity index (χ2v) is 4.89.